The van der Waals surface area contributed by atoms with Gasteiger partial charge in [-0.25, -0.2) is 4.79 Å². The molecule has 1 heterocycles. The first-order chi connectivity index (χ1) is 9.40. The number of hydrogen-bond donors (Lipinski definition) is 0. The van der Waals surface area contributed by atoms with Gasteiger partial charge in [-0.3, -0.25) is 4.90 Å². The number of benzene rings is 1. The van der Waals surface area contributed by atoms with Gasteiger partial charge >= 0.3 is 6.09 Å². The van der Waals surface area contributed by atoms with Crippen molar-refractivity contribution in [2.75, 3.05) is 13.7 Å². The van der Waals surface area contributed by atoms with Crippen LogP contribution in [0.1, 0.15) is 37.5 Å². The number of nitrogens with zero attached hydrogens (tertiary/aromatic N) is 1. The lowest BCUT2D eigenvalue weighted by Crippen LogP contribution is -2.33. The summed E-state index contributed by atoms with van der Waals surface area (Å²) in [6.45, 7) is 7.62. The standard InChI is InChI=1S/C16H23NO3/c1-16(2,3)20-15(18)17-10-13-7-5-6-12(8-9-19-4)14(13)11-17/h5-7H,8-11H2,1-4H3. The molecule has 4 heteroatoms. The molecular formula is C16H23NO3. The Morgan fingerprint density at radius 3 is 2.70 bits per heavy atom. The molecule has 0 unspecified atom stereocenters. The fraction of sp³-hybridized carbons (Fsp3) is 0.562. The largest absolute Gasteiger partial charge is 0.444 e. The minimum absolute atomic E-state index is 0.244. The molecule has 0 saturated heterocycles. The number of hydrogen-bond acceptors (Lipinski definition) is 3. The Morgan fingerprint density at radius 1 is 1.30 bits per heavy atom. The summed E-state index contributed by atoms with van der Waals surface area (Å²) in [6.07, 6.45) is 0.633. The summed E-state index contributed by atoms with van der Waals surface area (Å²) in [4.78, 5) is 13.9. The van der Waals surface area contributed by atoms with Crippen LogP contribution in [0.5, 0.6) is 0 Å². The lowest BCUT2D eigenvalue weighted by Gasteiger charge is -2.24. The molecule has 0 aliphatic carbocycles. The Labute approximate surface area is 120 Å². The predicted octanol–water partition coefficient (Wildman–Crippen LogP) is 3.13. The number of carbonyl (C=O) groups is 1. The summed E-state index contributed by atoms with van der Waals surface area (Å²) in [5.41, 5.74) is 3.26. The first-order valence-electron chi connectivity index (χ1n) is 6.97. The van der Waals surface area contributed by atoms with E-state index in [9.17, 15) is 4.79 Å². The van der Waals surface area contributed by atoms with E-state index in [1.54, 1.807) is 12.0 Å². The molecule has 20 heavy (non-hydrogen) atoms. The lowest BCUT2D eigenvalue weighted by molar-refractivity contribution is 0.0241. The molecule has 1 aromatic carbocycles. The average molecular weight is 277 g/mol. The average Bonchev–Trinajstić information content (AvgIpc) is 2.78. The zero-order valence-electron chi connectivity index (χ0n) is 12.7. The van der Waals surface area contributed by atoms with E-state index in [4.69, 9.17) is 9.47 Å². The van der Waals surface area contributed by atoms with Gasteiger partial charge in [0.25, 0.3) is 0 Å². The maximum Gasteiger partial charge on any atom is 0.410 e. The molecule has 0 N–H and O–H groups in total. The highest BCUT2D eigenvalue weighted by atomic mass is 16.6. The number of methoxy groups -OCH3 is 1. The van der Waals surface area contributed by atoms with Gasteiger partial charge in [0.1, 0.15) is 5.60 Å². The van der Waals surface area contributed by atoms with Gasteiger partial charge in [-0.05, 0) is 43.9 Å². The summed E-state index contributed by atoms with van der Waals surface area (Å²) >= 11 is 0. The highest BCUT2D eigenvalue weighted by Crippen LogP contribution is 2.27. The molecule has 1 amide bonds. The first kappa shape index (κ1) is 14.9. The molecule has 2 rings (SSSR count). The summed E-state index contributed by atoms with van der Waals surface area (Å²) in [6, 6.07) is 6.23. The molecule has 1 aliphatic rings. The van der Waals surface area contributed by atoms with Crippen LogP contribution >= 0.6 is 0 Å². The topological polar surface area (TPSA) is 38.8 Å². The molecule has 4 nitrogen and oxygen atoms in total. The van der Waals surface area contributed by atoms with Crippen LogP contribution in [0, 0.1) is 0 Å². The van der Waals surface area contributed by atoms with Crippen molar-refractivity contribution in [2.45, 2.75) is 45.9 Å². The maximum atomic E-state index is 12.1. The van der Waals surface area contributed by atoms with Crippen LogP contribution in [0.25, 0.3) is 0 Å². The molecule has 0 spiro atoms. The first-order valence-corrected chi connectivity index (χ1v) is 6.97. The number of amides is 1. The Morgan fingerprint density at radius 2 is 2.05 bits per heavy atom. The number of ether oxygens (including phenoxy) is 2. The summed E-state index contributed by atoms with van der Waals surface area (Å²) < 4.78 is 10.6. The third-order valence-electron chi connectivity index (χ3n) is 3.31. The van der Waals surface area contributed by atoms with Gasteiger partial charge in [0.15, 0.2) is 0 Å². The summed E-state index contributed by atoms with van der Waals surface area (Å²) in [7, 11) is 1.70. The highest BCUT2D eigenvalue weighted by Gasteiger charge is 2.28. The minimum atomic E-state index is -0.454. The number of carbonyl (C=O) groups excluding carboxylic acids is 1. The van der Waals surface area contributed by atoms with E-state index in [1.807, 2.05) is 26.8 Å². The number of rotatable bonds is 3. The molecular weight excluding hydrogens is 254 g/mol. The second-order valence-corrected chi connectivity index (χ2v) is 6.13. The van der Waals surface area contributed by atoms with Crippen molar-refractivity contribution in [3.05, 3.63) is 34.9 Å². The van der Waals surface area contributed by atoms with Crippen LogP contribution in [-0.4, -0.2) is 30.3 Å². The van der Waals surface area contributed by atoms with Crippen LogP contribution in [-0.2, 0) is 29.0 Å². The van der Waals surface area contributed by atoms with Crippen molar-refractivity contribution in [2.24, 2.45) is 0 Å². The summed E-state index contributed by atoms with van der Waals surface area (Å²) in [5, 5.41) is 0. The molecule has 0 saturated carbocycles. The lowest BCUT2D eigenvalue weighted by atomic mass is 10.0. The van der Waals surface area contributed by atoms with E-state index in [-0.39, 0.29) is 6.09 Å². The zero-order chi connectivity index (χ0) is 14.8. The molecule has 110 valence electrons. The quantitative estimate of drug-likeness (QED) is 0.852. The Hall–Kier alpha value is -1.55. The fourth-order valence-corrected chi connectivity index (χ4v) is 2.39. The Bertz CT molecular complexity index is 491. The summed E-state index contributed by atoms with van der Waals surface area (Å²) in [5.74, 6) is 0. The molecule has 0 bridgehead atoms. The van der Waals surface area contributed by atoms with Crippen LogP contribution < -0.4 is 0 Å². The molecule has 0 atom stereocenters. The van der Waals surface area contributed by atoms with Crippen LogP contribution in [0.3, 0.4) is 0 Å². The van der Waals surface area contributed by atoms with Gasteiger partial charge in [-0.15, -0.1) is 0 Å². The van der Waals surface area contributed by atoms with Crippen LogP contribution in [0.2, 0.25) is 0 Å². The molecule has 0 radical (unpaired) electrons. The predicted molar refractivity (Wildman–Crippen MR) is 77.5 cm³/mol. The van der Waals surface area contributed by atoms with E-state index in [1.165, 1.54) is 16.7 Å². The van der Waals surface area contributed by atoms with Gasteiger partial charge in [0.2, 0.25) is 0 Å². The van der Waals surface area contributed by atoms with E-state index < -0.39 is 5.60 Å². The van der Waals surface area contributed by atoms with Crippen molar-refractivity contribution in [1.82, 2.24) is 4.90 Å². The third kappa shape index (κ3) is 3.51. The molecule has 1 aliphatic heterocycles. The van der Waals surface area contributed by atoms with Gasteiger partial charge in [-0.1, -0.05) is 18.2 Å². The molecule has 1 aromatic rings. The van der Waals surface area contributed by atoms with Gasteiger partial charge < -0.3 is 9.47 Å². The normalized spacial score (nSPS) is 14.3. The molecule has 0 aromatic heterocycles. The smallest absolute Gasteiger partial charge is 0.410 e. The monoisotopic (exact) mass is 277 g/mol. The van der Waals surface area contributed by atoms with Crippen LogP contribution in [0.15, 0.2) is 18.2 Å². The SMILES string of the molecule is COCCc1cccc2c1CN(C(=O)OC(C)(C)C)C2. The minimum Gasteiger partial charge on any atom is -0.444 e. The van der Waals surface area contributed by atoms with E-state index in [0.717, 1.165) is 6.42 Å². The molecule has 0 fully saturated rings. The van der Waals surface area contributed by atoms with Crippen LogP contribution in [0.4, 0.5) is 4.79 Å². The van der Waals surface area contributed by atoms with E-state index in [2.05, 4.69) is 12.1 Å². The van der Waals surface area contributed by atoms with Crippen molar-refractivity contribution >= 4 is 6.09 Å². The second-order valence-electron chi connectivity index (χ2n) is 6.13. The van der Waals surface area contributed by atoms with Crippen molar-refractivity contribution < 1.29 is 14.3 Å². The fourth-order valence-electron chi connectivity index (χ4n) is 2.39. The second kappa shape index (κ2) is 5.83. The van der Waals surface area contributed by atoms with Gasteiger partial charge in [0, 0.05) is 20.2 Å². The Kier molecular flexibility index (Phi) is 4.33. The van der Waals surface area contributed by atoms with E-state index >= 15 is 0 Å². The van der Waals surface area contributed by atoms with Gasteiger partial charge in [-0.2, -0.15) is 0 Å². The van der Waals surface area contributed by atoms with Crippen molar-refractivity contribution in [1.29, 1.82) is 0 Å². The number of fused-ring (bicyclic) bond motifs is 1. The van der Waals surface area contributed by atoms with Crippen molar-refractivity contribution in [3.63, 3.8) is 0 Å². The maximum absolute atomic E-state index is 12.1. The van der Waals surface area contributed by atoms with Crippen molar-refractivity contribution in [3.8, 4) is 0 Å². The van der Waals surface area contributed by atoms with E-state index in [0.29, 0.717) is 19.7 Å². The zero-order valence-corrected chi connectivity index (χ0v) is 12.7. The Balaban J connectivity index is 2.09. The highest BCUT2D eigenvalue weighted by molar-refractivity contribution is 5.69. The van der Waals surface area contributed by atoms with Gasteiger partial charge in [0.05, 0.1) is 6.61 Å². The third-order valence-corrected chi connectivity index (χ3v) is 3.31.